The number of nitrogens with one attached hydrogen (secondary N) is 2. The molecule has 0 saturated carbocycles. The highest BCUT2D eigenvalue weighted by Crippen LogP contribution is 2.29. The van der Waals surface area contributed by atoms with Crippen LogP contribution in [-0.2, 0) is 12.8 Å². The fourth-order valence-electron chi connectivity index (χ4n) is 4.75. The summed E-state index contributed by atoms with van der Waals surface area (Å²) in [4.78, 5) is 9.58. The van der Waals surface area contributed by atoms with Crippen LogP contribution in [0.3, 0.4) is 0 Å². The molecule has 2 N–H and O–H groups in total. The number of ether oxygens (including phenoxy) is 2. The first-order valence-electron chi connectivity index (χ1n) is 12.5. The molecule has 0 amide bonds. The number of hydrogen-bond acceptors (Lipinski definition) is 7. The van der Waals surface area contributed by atoms with E-state index in [0.29, 0.717) is 0 Å². The zero-order valence-electron chi connectivity index (χ0n) is 21.3. The SMILES string of the molecule is CCN1CCN(c2ccc3c(Nc4cc(CCc5cc(OC)cc(OC)c5)[nH]n4)ccnc3c2)CC1. The third-order valence-corrected chi connectivity index (χ3v) is 6.90. The quantitative estimate of drug-likeness (QED) is 0.357. The van der Waals surface area contributed by atoms with Gasteiger partial charge in [-0.3, -0.25) is 10.1 Å². The van der Waals surface area contributed by atoms with Gasteiger partial charge in [0.05, 0.1) is 25.4 Å². The van der Waals surface area contributed by atoms with Crippen molar-refractivity contribution in [2.45, 2.75) is 19.8 Å². The Morgan fingerprint density at radius 2 is 1.69 bits per heavy atom. The van der Waals surface area contributed by atoms with Crippen molar-refractivity contribution in [1.29, 1.82) is 0 Å². The van der Waals surface area contributed by atoms with Gasteiger partial charge in [-0.2, -0.15) is 5.10 Å². The van der Waals surface area contributed by atoms with E-state index in [2.05, 4.69) is 61.5 Å². The monoisotopic (exact) mass is 486 g/mol. The minimum Gasteiger partial charge on any atom is -0.497 e. The molecule has 1 aliphatic heterocycles. The summed E-state index contributed by atoms with van der Waals surface area (Å²) in [5.41, 5.74) is 5.43. The lowest BCUT2D eigenvalue weighted by atomic mass is 10.1. The number of methoxy groups -OCH3 is 2. The Morgan fingerprint density at radius 3 is 2.42 bits per heavy atom. The van der Waals surface area contributed by atoms with Crippen molar-refractivity contribution in [2.75, 3.05) is 57.2 Å². The van der Waals surface area contributed by atoms with Crippen molar-refractivity contribution in [2.24, 2.45) is 0 Å². The molecule has 0 aliphatic carbocycles. The lowest BCUT2D eigenvalue weighted by Crippen LogP contribution is -2.46. The number of rotatable bonds is 9. The van der Waals surface area contributed by atoms with Crippen molar-refractivity contribution in [3.05, 3.63) is 66.0 Å². The third-order valence-electron chi connectivity index (χ3n) is 6.90. The van der Waals surface area contributed by atoms with Gasteiger partial charge < -0.3 is 24.6 Å². The van der Waals surface area contributed by atoms with Crippen molar-refractivity contribution in [1.82, 2.24) is 20.1 Å². The molecule has 3 heterocycles. The summed E-state index contributed by atoms with van der Waals surface area (Å²) < 4.78 is 10.8. The number of anilines is 3. The molecule has 2 aromatic carbocycles. The van der Waals surface area contributed by atoms with E-state index in [4.69, 9.17) is 9.47 Å². The molecule has 2 aromatic heterocycles. The topological polar surface area (TPSA) is 78.5 Å². The summed E-state index contributed by atoms with van der Waals surface area (Å²) in [6.07, 6.45) is 3.53. The molecular weight excluding hydrogens is 452 g/mol. The summed E-state index contributed by atoms with van der Waals surface area (Å²) >= 11 is 0. The van der Waals surface area contributed by atoms with Crippen LogP contribution in [0.2, 0.25) is 0 Å². The predicted octanol–water partition coefficient (Wildman–Crippen LogP) is 4.65. The Balaban J connectivity index is 1.26. The van der Waals surface area contributed by atoms with Gasteiger partial charge in [0, 0.05) is 61.3 Å². The number of aromatic nitrogens is 3. The molecule has 1 saturated heterocycles. The fourth-order valence-corrected chi connectivity index (χ4v) is 4.75. The van der Waals surface area contributed by atoms with Crippen LogP contribution in [0, 0.1) is 0 Å². The number of benzene rings is 2. The molecule has 8 heteroatoms. The standard InChI is InChI=1S/C28H34N6O2/c1-4-33-11-13-34(14-12-33)22-7-8-25-26(9-10-29-27(25)18-22)30-28-17-21(31-32-28)6-5-20-15-23(35-2)19-24(16-20)36-3/h7-10,15-19H,4-6,11-14H2,1-3H3,(H2,29,30,31,32). The van der Waals surface area contributed by atoms with E-state index >= 15 is 0 Å². The molecule has 8 nitrogen and oxygen atoms in total. The van der Waals surface area contributed by atoms with Crippen molar-refractivity contribution < 1.29 is 9.47 Å². The maximum Gasteiger partial charge on any atom is 0.152 e. The first kappa shape index (κ1) is 23.9. The van der Waals surface area contributed by atoms with Gasteiger partial charge in [-0.05, 0) is 61.3 Å². The highest BCUT2D eigenvalue weighted by Gasteiger charge is 2.16. The second-order valence-corrected chi connectivity index (χ2v) is 9.11. The molecule has 1 aliphatic rings. The lowest BCUT2D eigenvalue weighted by Gasteiger charge is -2.35. The Morgan fingerprint density at radius 1 is 0.917 bits per heavy atom. The van der Waals surface area contributed by atoms with Gasteiger partial charge in [-0.25, -0.2) is 0 Å². The molecule has 4 aromatic rings. The smallest absolute Gasteiger partial charge is 0.152 e. The average Bonchev–Trinajstić information content (AvgIpc) is 3.38. The maximum atomic E-state index is 5.39. The molecular formula is C28H34N6O2. The summed E-state index contributed by atoms with van der Waals surface area (Å²) in [5, 5.41) is 12.2. The number of likely N-dealkylation sites (N-methyl/N-ethyl adjacent to an activating group) is 1. The summed E-state index contributed by atoms with van der Waals surface area (Å²) in [5.74, 6) is 2.39. The number of aryl methyl sites for hydroxylation is 2. The molecule has 5 rings (SSSR count). The Kier molecular flexibility index (Phi) is 7.23. The van der Waals surface area contributed by atoms with Crippen LogP contribution in [0.5, 0.6) is 11.5 Å². The Hall–Kier alpha value is -3.78. The number of fused-ring (bicyclic) bond motifs is 1. The van der Waals surface area contributed by atoms with Crippen LogP contribution in [0.1, 0.15) is 18.2 Å². The summed E-state index contributed by atoms with van der Waals surface area (Å²) in [6, 6.07) is 16.6. The molecule has 188 valence electrons. The minimum absolute atomic E-state index is 0.792. The van der Waals surface area contributed by atoms with Crippen LogP contribution in [0.15, 0.2) is 54.7 Å². The van der Waals surface area contributed by atoms with Crippen LogP contribution < -0.4 is 19.7 Å². The largest absolute Gasteiger partial charge is 0.497 e. The first-order valence-corrected chi connectivity index (χ1v) is 12.5. The van der Waals surface area contributed by atoms with E-state index in [9.17, 15) is 0 Å². The first-order chi connectivity index (χ1) is 17.6. The number of nitrogens with zero attached hydrogens (tertiary/aromatic N) is 4. The lowest BCUT2D eigenvalue weighted by molar-refractivity contribution is 0.271. The molecule has 1 fully saturated rings. The average molecular weight is 487 g/mol. The minimum atomic E-state index is 0.792. The van der Waals surface area contributed by atoms with E-state index in [0.717, 1.165) is 90.7 Å². The number of aromatic amines is 1. The zero-order valence-corrected chi connectivity index (χ0v) is 21.3. The molecule has 0 bridgehead atoms. The van der Waals surface area contributed by atoms with Gasteiger partial charge in [0.1, 0.15) is 11.5 Å². The number of hydrogen-bond donors (Lipinski definition) is 2. The van der Waals surface area contributed by atoms with Crippen molar-refractivity contribution >= 4 is 28.1 Å². The van der Waals surface area contributed by atoms with Crippen LogP contribution in [0.25, 0.3) is 10.9 Å². The normalized spacial score (nSPS) is 14.2. The van der Waals surface area contributed by atoms with E-state index < -0.39 is 0 Å². The molecule has 0 unspecified atom stereocenters. The fraction of sp³-hybridized carbons (Fsp3) is 0.357. The summed E-state index contributed by atoms with van der Waals surface area (Å²) in [7, 11) is 3.34. The Bertz CT molecular complexity index is 1290. The van der Waals surface area contributed by atoms with E-state index in [1.165, 1.54) is 5.69 Å². The zero-order chi connectivity index (χ0) is 24.9. The number of H-pyrrole nitrogens is 1. The van der Waals surface area contributed by atoms with Gasteiger partial charge in [-0.1, -0.05) is 6.92 Å². The second kappa shape index (κ2) is 10.9. The van der Waals surface area contributed by atoms with Gasteiger partial charge >= 0.3 is 0 Å². The van der Waals surface area contributed by atoms with E-state index in [1.807, 2.05) is 30.5 Å². The number of piperazine rings is 1. The Labute approximate surface area is 212 Å². The van der Waals surface area contributed by atoms with Crippen LogP contribution in [0.4, 0.5) is 17.2 Å². The van der Waals surface area contributed by atoms with Gasteiger partial charge in [0.15, 0.2) is 5.82 Å². The summed E-state index contributed by atoms with van der Waals surface area (Å²) in [6.45, 7) is 7.66. The molecule has 0 atom stereocenters. The van der Waals surface area contributed by atoms with E-state index in [-0.39, 0.29) is 0 Å². The highest BCUT2D eigenvalue weighted by atomic mass is 16.5. The van der Waals surface area contributed by atoms with Gasteiger partial charge in [-0.15, -0.1) is 0 Å². The maximum absolute atomic E-state index is 5.39. The van der Waals surface area contributed by atoms with Crippen molar-refractivity contribution in [3.63, 3.8) is 0 Å². The molecule has 0 radical (unpaired) electrons. The van der Waals surface area contributed by atoms with Gasteiger partial charge in [0.25, 0.3) is 0 Å². The predicted molar refractivity (Wildman–Crippen MR) is 145 cm³/mol. The second-order valence-electron chi connectivity index (χ2n) is 9.11. The van der Waals surface area contributed by atoms with Crippen molar-refractivity contribution in [3.8, 4) is 11.5 Å². The molecule has 0 spiro atoms. The third kappa shape index (κ3) is 5.39. The highest BCUT2D eigenvalue weighted by molar-refractivity contribution is 5.94. The number of pyridine rings is 1. The van der Waals surface area contributed by atoms with Crippen LogP contribution >= 0.6 is 0 Å². The molecule has 36 heavy (non-hydrogen) atoms. The van der Waals surface area contributed by atoms with Crippen LogP contribution in [-0.4, -0.2) is 67.0 Å². The van der Waals surface area contributed by atoms with Gasteiger partial charge in [0.2, 0.25) is 0 Å². The van der Waals surface area contributed by atoms with E-state index in [1.54, 1.807) is 14.2 Å².